The van der Waals surface area contributed by atoms with Crippen LogP contribution in [0.4, 0.5) is 0 Å². The van der Waals surface area contributed by atoms with E-state index >= 15 is 0 Å². The molecule has 1 atom stereocenters. The summed E-state index contributed by atoms with van der Waals surface area (Å²) in [5, 5.41) is 12.5. The molecule has 5 nitrogen and oxygen atoms in total. The Balaban J connectivity index is 1.54. The summed E-state index contributed by atoms with van der Waals surface area (Å²) < 4.78 is 1.97. The van der Waals surface area contributed by atoms with Crippen molar-refractivity contribution in [3.63, 3.8) is 0 Å². The van der Waals surface area contributed by atoms with Crippen LogP contribution < -0.4 is 5.32 Å². The first-order valence-electron chi connectivity index (χ1n) is 9.85. The number of benzene rings is 2. The Morgan fingerprint density at radius 3 is 2.55 bits per heavy atom. The van der Waals surface area contributed by atoms with Crippen LogP contribution in [0, 0.1) is 13.8 Å². The monoisotopic (exact) mass is 408 g/mol. The normalized spacial score (nSPS) is 12.0. The second-order valence-corrected chi connectivity index (χ2v) is 8.33. The molecule has 6 heteroatoms. The van der Waals surface area contributed by atoms with Gasteiger partial charge >= 0.3 is 0 Å². The van der Waals surface area contributed by atoms with Crippen LogP contribution in [0.15, 0.2) is 53.7 Å². The molecule has 0 aliphatic heterocycles. The van der Waals surface area contributed by atoms with Crippen LogP contribution >= 0.6 is 11.8 Å². The van der Waals surface area contributed by atoms with Gasteiger partial charge in [0.15, 0.2) is 11.0 Å². The summed E-state index contributed by atoms with van der Waals surface area (Å²) in [6, 6.07) is 16.5. The molecule has 1 amide bonds. The van der Waals surface area contributed by atoms with Crippen molar-refractivity contribution in [2.75, 3.05) is 0 Å². The third-order valence-electron chi connectivity index (χ3n) is 5.01. The van der Waals surface area contributed by atoms with Gasteiger partial charge in [0.2, 0.25) is 5.91 Å². The Labute approximate surface area is 176 Å². The summed E-state index contributed by atoms with van der Waals surface area (Å²) in [6.45, 7) is 6.13. The fourth-order valence-electron chi connectivity index (χ4n) is 3.13. The van der Waals surface area contributed by atoms with Crippen LogP contribution in [0.3, 0.4) is 0 Å². The molecule has 29 heavy (non-hydrogen) atoms. The largest absolute Gasteiger partial charge is 0.346 e. The molecular formula is C23H28N4OS. The van der Waals surface area contributed by atoms with E-state index in [4.69, 9.17) is 0 Å². The van der Waals surface area contributed by atoms with E-state index in [1.165, 1.54) is 22.3 Å². The standard InChI is InChI=1S/C23H28N4OS/c1-16-9-11-19(12-10-16)13-14-21(28)24-18(3)22-25-26-23(27(22)4)29-15-20-8-6-5-7-17(20)2/h5-12,18H,13-15H2,1-4H3,(H,24,28)/t18-/m1/s1. The first kappa shape index (κ1) is 21.1. The molecule has 0 spiro atoms. The zero-order valence-corrected chi connectivity index (χ0v) is 18.3. The van der Waals surface area contributed by atoms with Gasteiger partial charge in [-0.25, -0.2) is 0 Å². The molecular weight excluding hydrogens is 380 g/mol. The molecule has 0 fully saturated rings. The van der Waals surface area contributed by atoms with E-state index in [9.17, 15) is 4.79 Å². The van der Waals surface area contributed by atoms with Gasteiger partial charge in [-0.2, -0.15) is 0 Å². The van der Waals surface area contributed by atoms with E-state index in [0.29, 0.717) is 6.42 Å². The van der Waals surface area contributed by atoms with Gasteiger partial charge in [0.1, 0.15) is 0 Å². The third kappa shape index (κ3) is 5.70. The topological polar surface area (TPSA) is 59.8 Å². The van der Waals surface area contributed by atoms with Gasteiger partial charge in [-0.15, -0.1) is 10.2 Å². The number of carbonyl (C=O) groups excluding carboxylic acids is 1. The molecule has 2 aromatic carbocycles. The summed E-state index contributed by atoms with van der Waals surface area (Å²) in [7, 11) is 1.95. The Hall–Kier alpha value is -2.60. The molecule has 0 saturated heterocycles. The van der Waals surface area contributed by atoms with Crippen molar-refractivity contribution < 1.29 is 4.79 Å². The number of hydrogen-bond donors (Lipinski definition) is 1. The Morgan fingerprint density at radius 2 is 1.83 bits per heavy atom. The molecule has 152 valence electrons. The van der Waals surface area contributed by atoms with Crippen LogP contribution in [0.25, 0.3) is 0 Å². The maximum absolute atomic E-state index is 12.4. The van der Waals surface area contributed by atoms with Gasteiger partial charge in [0.25, 0.3) is 0 Å². The summed E-state index contributed by atoms with van der Waals surface area (Å²) in [5.74, 6) is 1.63. The maximum Gasteiger partial charge on any atom is 0.220 e. The van der Waals surface area contributed by atoms with Gasteiger partial charge in [-0.3, -0.25) is 4.79 Å². The van der Waals surface area contributed by atoms with Crippen molar-refractivity contribution >= 4 is 17.7 Å². The molecule has 0 saturated carbocycles. The van der Waals surface area contributed by atoms with Gasteiger partial charge in [0.05, 0.1) is 6.04 Å². The third-order valence-corrected chi connectivity index (χ3v) is 6.08. The Morgan fingerprint density at radius 1 is 1.10 bits per heavy atom. The first-order chi connectivity index (χ1) is 13.9. The number of thioether (sulfide) groups is 1. The smallest absolute Gasteiger partial charge is 0.220 e. The van der Waals surface area contributed by atoms with Crippen LogP contribution in [0.2, 0.25) is 0 Å². The van der Waals surface area contributed by atoms with Crippen molar-refractivity contribution in [1.29, 1.82) is 0 Å². The lowest BCUT2D eigenvalue weighted by atomic mass is 10.1. The van der Waals surface area contributed by atoms with E-state index in [1.54, 1.807) is 11.8 Å². The average Bonchev–Trinajstić information content (AvgIpc) is 3.07. The number of amides is 1. The number of hydrogen-bond acceptors (Lipinski definition) is 4. The fourth-order valence-corrected chi connectivity index (χ4v) is 4.13. The lowest BCUT2D eigenvalue weighted by Gasteiger charge is -2.14. The quantitative estimate of drug-likeness (QED) is 0.556. The van der Waals surface area contributed by atoms with Gasteiger partial charge in [-0.1, -0.05) is 65.9 Å². The summed E-state index contributed by atoms with van der Waals surface area (Å²) >= 11 is 1.66. The number of carbonyl (C=O) groups is 1. The Kier molecular flexibility index (Phi) is 7.09. The molecule has 0 radical (unpaired) electrons. The van der Waals surface area contributed by atoms with Gasteiger partial charge < -0.3 is 9.88 Å². The predicted molar refractivity (Wildman–Crippen MR) is 118 cm³/mol. The molecule has 0 unspecified atom stereocenters. The van der Waals surface area contributed by atoms with Gasteiger partial charge in [-0.05, 0) is 43.9 Å². The molecule has 0 aliphatic rings. The van der Waals surface area contributed by atoms with Crippen molar-refractivity contribution in [1.82, 2.24) is 20.1 Å². The second kappa shape index (κ2) is 9.74. The maximum atomic E-state index is 12.4. The molecule has 0 aliphatic carbocycles. The summed E-state index contributed by atoms with van der Waals surface area (Å²) in [4.78, 5) is 12.4. The van der Waals surface area contributed by atoms with E-state index in [1.807, 2.05) is 24.6 Å². The highest BCUT2D eigenvalue weighted by Crippen LogP contribution is 2.24. The Bertz CT molecular complexity index is 965. The van der Waals surface area contributed by atoms with Crippen molar-refractivity contribution in [3.05, 3.63) is 76.6 Å². The van der Waals surface area contributed by atoms with Crippen LogP contribution in [-0.2, 0) is 24.0 Å². The number of nitrogens with one attached hydrogen (secondary N) is 1. The number of aromatic nitrogens is 3. The zero-order chi connectivity index (χ0) is 20.8. The van der Waals surface area contributed by atoms with E-state index in [-0.39, 0.29) is 11.9 Å². The molecule has 1 aromatic heterocycles. The summed E-state index contributed by atoms with van der Waals surface area (Å²) in [5.41, 5.74) is 4.97. The SMILES string of the molecule is Cc1ccc(CCC(=O)N[C@H](C)c2nnc(SCc3ccccc3C)n2C)cc1. The van der Waals surface area contributed by atoms with E-state index in [0.717, 1.165) is 23.2 Å². The molecule has 0 bridgehead atoms. The zero-order valence-electron chi connectivity index (χ0n) is 17.5. The van der Waals surface area contributed by atoms with Crippen molar-refractivity contribution in [3.8, 4) is 0 Å². The number of rotatable bonds is 8. The summed E-state index contributed by atoms with van der Waals surface area (Å²) in [6.07, 6.45) is 1.19. The van der Waals surface area contributed by atoms with Crippen LogP contribution in [-0.4, -0.2) is 20.7 Å². The highest BCUT2D eigenvalue weighted by molar-refractivity contribution is 7.98. The molecule has 1 heterocycles. The minimum absolute atomic E-state index is 0.0233. The second-order valence-electron chi connectivity index (χ2n) is 7.39. The lowest BCUT2D eigenvalue weighted by Crippen LogP contribution is -2.28. The van der Waals surface area contributed by atoms with Crippen LogP contribution in [0.1, 0.15) is 47.5 Å². The minimum atomic E-state index is -0.189. The average molecular weight is 409 g/mol. The number of nitrogens with zero attached hydrogens (tertiary/aromatic N) is 3. The first-order valence-corrected chi connectivity index (χ1v) is 10.8. The predicted octanol–water partition coefficient (Wildman–Crippen LogP) is 4.53. The van der Waals surface area contributed by atoms with E-state index < -0.39 is 0 Å². The number of aryl methyl sites for hydroxylation is 3. The lowest BCUT2D eigenvalue weighted by molar-refractivity contribution is -0.121. The molecule has 1 N–H and O–H groups in total. The van der Waals surface area contributed by atoms with Crippen LogP contribution in [0.5, 0.6) is 0 Å². The highest BCUT2D eigenvalue weighted by Gasteiger charge is 2.17. The molecule has 3 aromatic rings. The fraction of sp³-hybridized carbons (Fsp3) is 0.348. The molecule has 3 rings (SSSR count). The van der Waals surface area contributed by atoms with Gasteiger partial charge in [0, 0.05) is 19.2 Å². The van der Waals surface area contributed by atoms with E-state index in [2.05, 4.69) is 71.8 Å². The highest BCUT2D eigenvalue weighted by atomic mass is 32.2. The minimum Gasteiger partial charge on any atom is -0.346 e. The van der Waals surface area contributed by atoms with Crippen molar-refractivity contribution in [2.24, 2.45) is 7.05 Å². The van der Waals surface area contributed by atoms with Crippen molar-refractivity contribution in [2.45, 2.75) is 50.6 Å².